The van der Waals surface area contributed by atoms with Crippen LogP contribution >= 0.6 is 0 Å². The van der Waals surface area contributed by atoms with Gasteiger partial charge in [0.25, 0.3) is 0 Å². The summed E-state index contributed by atoms with van der Waals surface area (Å²) in [5.74, 6) is -0.281. The monoisotopic (exact) mass is 277 g/mol. The number of hydrogen-bond donors (Lipinski definition) is 2. The van der Waals surface area contributed by atoms with Crippen LogP contribution in [-0.4, -0.2) is 30.8 Å². The van der Waals surface area contributed by atoms with Crippen molar-refractivity contribution in [3.63, 3.8) is 0 Å². The van der Waals surface area contributed by atoms with Crippen LogP contribution < -0.4 is 15.2 Å². The van der Waals surface area contributed by atoms with Crippen molar-refractivity contribution in [3.05, 3.63) is 23.3 Å². The molecule has 5 nitrogen and oxygen atoms in total. The van der Waals surface area contributed by atoms with Crippen LogP contribution in [0.2, 0.25) is 0 Å². The van der Waals surface area contributed by atoms with Crippen LogP contribution in [0.5, 0.6) is 11.5 Å². The summed E-state index contributed by atoms with van der Waals surface area (Å²) in [6.07, 6.45) is 2.26. The van der Waals surface area contributed by atoms with Crippen molar-refractivity contribution in [1.29, 1.82) is 0 Å². The van der Waals surface area contributed by atoms with E-state index in [0.717, 1.165) is 18.4 Å². The van der Waals surface area contributed by atoms with Gasteiger partial charge in [0.1, 0.15) is 0 Å². The zero-order valence-electron chi connectivity index (χ0n) is 11.5. The average molecular weight is 277 g/mol. The number of benzene rings is 1. The molecule has 0 radical (unpaired) electrons. The van der Waals surface area contributed by atoms with Crippen molar-refractivity contribution in [3.8, 4) is 11.5 Å². The molecular weight excluding hydrogens is 258 g/mol. The SMILES string of the molecule is Cc1cc2c(cc1C(CN)C(=O)O)OCC1(CC1)CO2. The van der Waals surface area contributed by atoms with Crippen LogP contribution in [0.4, 0.5) is 0 Å². The molecule has 3 rings (SSSR count). The van der Waals surface area contributed by atoms with Crippen LogP contribution in [0, 0.1) is 12.3 Å². The van der Waals surface area contributed by atoms with Gasteiger partial charge in [0.15, 0.2) is 11.5 Å². The maximum Gasteiger partial charge on any atom is 0.312 e. The van der Waals surface area contributed by atoms with E-state index in [4.69, 9.17) is 15.2 Å². The zero-order chi connectivity index (χ0) is 14.3. The predicted octanol–water partition coefficient (Wildman–Crippen LogP) is 1.67. The van der Waals surface area contributed by atoms with Crippen molar-refractivity contribution in [2.24, 2.45) is 11.1 Å². The molecule has 5 heteroatoms. The summed E-state index contributed by atoms with van der Waals surface area (Å²) in [6.45, 7) is 3.27. The largest absolute Gasteiger partial charge is 0.489 e. The number of ether oxygens (including phenoxy) is 2. The fourth-order valence-corrected chi connectivity index (χ4v) is 2.61. The molecule has 1 atom stereocenters. The summed E-state index contributed by atoms with van der Waals surface area (Å²) in [6, 6.07) is 3.63. The lowest BCUT2D eigenvalue weighted by Gasteiger charge is -2.16. The number of nitrogens with two attached hydrogens (primary N) is 1. The molecule has 1 aliphatic heterocycles. The van der Waals surface area contributed by atoms with Gasteiger partial charge < -0.3 is 20.3 Å². The number of aryl methyl sites for hydroxylation is 1. The Morgan fingerprint density at radius 3 is 2.45 bits per heavy atom. The molecule has 0 saturated heterocycles. The van der Waals surface area contributed by atoms with Crippen LogP contribution in [0.25, 0.3) is 0 Å². The molecule has 0 amide bonds. The number of carboxylic acids is 1. The topological polar surface area (TPSA) is 81.8 Å². The van der Waals surface area contributed by atoms with Gasteiger partial charge in [-0.1, -0.05) is 0 Å². The average Bonchev–Trinajstić information content (AvgIpc) is 3.19. The first-order valence-electron chi connectivity index (χ1n) is 6.88. The first-order chi connectivity index (χ1) is 9.54. The predicted molar refractivity (Wildman–Crippen MR) is 73.3 cm³/mol. The van der Waals surface area contributed by atoms with Crippen molar-refractivity contribution in [2.45, 2.75) is 25.7 Å². The van der Waals surface area contributed by atoms with Gasteiger partial charge in [0, 0.05) is 12.0 Å². The molecule has 0 bridgehead atoms. The van der Waals surface area contributed by atoms with E-state index < -0.39 is 11.9 Å². The highest BCUT2D eigenvalue weighted by Gasteiger charge is 2.46. The van der Waals surface area contributed by atoms with Crippen molar-refractivity contribution in [2.75, 3.05) is 19.8 Å². The maximum atomic E-state index is 11.3. The Kier molecular flexibility index (Phi) is 3.09. The molecular formula is C15H19NO4. The van der Waals surface area contributed by atoms with Gasteiger partial charge in [-0.05, 0) is 43.0 Å². The third-order valence-corrected chi connectivity index (χ3v) is 4.27. The Bertz CT molecular complexity index is 551. The minimum absolute atomic E-state index is 0.0692. The molecule has 1 aromatic rings. The quantitative estimate of drug-likeness (QED) is 0.878. The second-order valence-corrected chi connectivity index (χ2v) is 5.86. The molecule has 1 aromatic carbocycles. The molecule has 108 valence electrons. The number of carboxylic acid groups (broad SMARTS) is 1. The summed E-state index contributed by atoms with van der Waals surface area (Å²) in [5.41, 5.74) is 7.33. The van der Waals surface area contributed by atoms with E-state index in [2.05, 4.69) is 0 Å². The Morgan fingerprint density at radius 2 is 1.95 bits per heavy atom. The highest BCUT2D eigenvalue weighted by Crippen LogP contribution is 2.49. The smallest absolute Gasteiger partial charge is 0.312 e. The number of carbonyl (C=O) groups is 1. The number of fused-ring (bicyclic) bond motifs is 1. The molecule has 1 spiro atoms. The van der Waals surface area contributed by atoms with Gasteiger partial charge in [0.05, 0.1) is 19.1 Å². The van der Waals surface area contributed by atoms with E-state index in [1.54, 1.807) is 6.07 Å². The minimum Gasteiger partial charge on any atom is -0.489 e. The molecule has 2 aliphatic rings. The van der Waals surface area contributed by atoms with Gasteiger partial charge in [-0.3, -0.25) is 4.79 Å². The van der Waals surface area contributed by atoms with Crippen molar-refractivity contribution in [1.82, 2.24) is 0 Å². The Hall–Kier alpha value is -1.75. The summed E-state index contributed by atoms with van der Waals surface area (Å²) >= 11 is 0. The number of aliphatic carboxylic acids is 1. The van der Waals surface area contributed by atoms with Gasteiger partial charge in [-0.15, -0.1) is 0 Å². The van der Waals surface area contributed by atoms with Gasteiger partial charge in [0.2, 0.25) is 0 Å². The minimum atomic E-state index is -0.913. The van der Waals surface area contributed by atoms with Gasteiger partial charge >= 0.3 is 5.97 Å². The normalized spacial score (nSPS) is 20.3. The number of hydrogen-bond acceptors (Lipinski definition) is 4. The van der Waals surface area contributed by atoms with Gasteiger partial charge in [-0.2, -0.15) is 0 Å². The molecule has 1 fully saturated rings. The molecule has 1 aliphatic carbocycles. The Morgan fingerprint density at radius 1 is 1.35 bits per heavy atom. The standard InChI is InChI=1S/C15H19NO4/c1-9-4-12-13(5-10(9)11(6-16)14(17)18)20-8-15(2-3-15)7-19-12/h4-5,11H,2-3,6-8,16H2,1H3,(H,17,18). The van der Waals surface area contributed by atoms with Crippen LogP contribution in [0.1, 0.15) is 29.9 Å². The third-order valence-electron chi connectivity index (χ3n) is 4.27. The number of rotatable bonds is 3. The molecule has 3 N–H and O–H groups in total. The van der Waals surface area contributed by atoms with E-state index in [1.807, 2.05) is 13.0 Å². The van der Waals surface area contributed by atoms with Crippen LogP contribution in [-0.2, 0) is 4.79 Å². The lowest BCUT2D eigenvalue weighted by atomic mass is 9.94. The summed E-state index contributed by atoms with van der Waals surface area (Å²) in [5, 5.41) is 9.25. The molecule has 20 heavy (non-hydrogen) atoms. The van der Waals surface area contributed by atoms with E-state index in [9.17, 15) is 9.90 Å². The summed E-state index contributed by atoms with van der Waals surface area (Å²) < 4.78 is 11.7. The van der Waals surface area contributed by atoms with Crippen LogP contribution in [0.15, 0.2) is 12.1 Å². The highest BCUT2D eigenvalue weighted by atomic mass is 16.5. The Labute approximate surface area is 117 Å². The fraction of sp³-hybridized carbons (Fsp3) is 0.533. The molecule has 1 saturated carbocycles. The lowest BCUT2D eigenvalue weighted by molar-refractivity contribution is -0.138. The molecule has 1 heterocycles. The van der Waals surface area contributed by atoms with E-state index in [-0.39, 0.29) is 12.0 Å². The fourth-order valence-electron chi connectivity index (χ4n) is 2.61. The molecule has 1 unspecified atom stereocenters. The first-order valence-corrected chi connectivity index (χ1v) is 6.88. The first kappa shape index (κ1) is 13.2. The zero-order valence-corrected chi connectivity index (χ0v) is 11.5. The van der Waals surface area contributed by atoms with Crippen molar-refractivity contribution >= 4 is 5.97 Å². The lowest BCUT2D eigenvalue weighted by Crippen LogP contribution is -2.22. The second-order valence-electron chi connectivity index (χ2n) is 5.86. The van der Waals surface area contributed by atoms with Gasteiger partial charge in [-0.25, -0.2) is 0 Å². The van der Waals surface area contributed by atoms with E-state index in [1.165, 1.54) is 0 Å². The summed E-state index contributed by atoms with van der Waals surface area (Å²) in [7, 11) is 0. The highest BCUT2D eigenvalue weighted by molar-refractivity contribution is 5.77. The second kappa shape index (κ2) is 4.66. The van der Waals surface area contributed by atoms with Crippen LogP contribution in [0.3, 0.4) is 0 Å². The maximum absolute atomic E-state index is 11.3. The van der Waals surface area contributed by atoms with Crippen molar-refractivity contribution < 1.29 is 19.4 Å². The Balaban J connectivity index is 1.95. The van der Waals surface area contributed by atoms with E-state index >= 15 is 0 Å². The van der Waals surface area contributed by atoms with E-state index in [0.29, 0.717) is 30.3 Å². The third kappa shape index (κ3) is 2.22. The molecule has 0 aromatic heterocycles. The summed E-state index contributed by atoms with van der Waals surface area (Å²) in [4.78, 5) is 11.3.